The van der Waals surface area contributed by atoms with E-state index in [4.69, 9.17) is 5.73 Å². The summed E-state index contributed by atoms with van der Waals surface area (Å²) in [6.07, 6.45) is 3.39. The van der Waals surface area contributed by atoms with Gasteiger partial charge < -0.3 is 11.1 Å². The number of nitrogen functional groups attached to an aromatic ring is 1. The first-order valence-corrected chi connectivity index (χ1v) is 7.92. The van der Waals surface area contributed by atoms with Crippen molar-refractivity contribution in [2.45, 2.75) is 17.8 Å². The molecule has 0 aliphatic carbocycles. The fourth-order valence-electron chi connectivity index (χ4n) is 1.88. The van der Waals surface area contributed by atoms with Gasteiger partial charge in [-0.2, -0.15) is 15.0 Å². The van der Waals surface area contributed by atoms with Crippen LogP contribution in [0.3, 0.4) is 0 Å². The molecule has 7 nitrogen and oxygen atoms in total. The molecule has 0 atom stereocenters. The molecule has 0 radical (unpaired) electrons. The lowest BCUT2D eigenvalue weighted by molar-refractivity contribution is 0.949. The highest BCUT2D eigenvalue weighted by molar-refractivity contribution is 7.98. The molecule has 3 aromatic rings. The van der Waals surface area contributed by atoms with E-state index in [9.17, 15) is 0 Å². The average molecular weight is 325 g/mol. The first-order chi connectivity index (χ1) is 11.2. The molecule has 0 amide bonds. The number of nitrogens with zero attached hydrogens (tertiary/aromatic N) is 5. The number of aromatic nitrogens is 5. The fourth-order valence-corrected chi connectivity index (χ4v) is 2.54. The molecule has 0 fully saturated rings. The summed E-state index contributed by atoms with van der Waals surface area (Å²) < 4.78 is 0. The van der Waals surface area contributed by atoms with Crippen molar-refractivity contribution in [2.75, 3.05) is 11.1 Å². The SMILES string of the molecule is Cc1ccccc1Nc1nc(N)nc(CSc2ncccn2)n1. The molecule has 8 heteroatoms. The summed E-state index contributed by atoms with van der Waals surface area (Å²) in [6.45, 7) is 2.01. The van der Waals surface area contributed by atoms with Gasteiger partial charge in [-0.3, -0.25) is 0 Å². The maximum atomic E-state index is 5.78. The van der Waals surface area contributed by atoms with Crippen molar-refractivity contribution >= 4 is 29.3 Å². The number of aryl methyl sites for hydroxylation is 1. The molecule has 3 rings (SSSR count). The molecular formula is C15H15N7S. The van der Waals surface area contributed by atoms with Gasteiger partial charge in [-0.25, -0.2) is 9.97 Å². The van der Waals surface area contributed by atoms with Gasteiger partial charge in [-0.1, -0.05) is 30.0 Å². The minimum atomic E-state index is 0.181. The normalized spacial score (nSPS) is 10.5. The number of benzene rings is 1. The Labute approximate surface area is 137 Å². The Hall–Kier alpha value is -2.74. The standard InChI is InChI=1S/C15H15N7S/c1-10-5-2-3-6-11(10)19-14-21-12(20-13(16)22-14)9-23-15-17-7-4-8-18-15/h2-8H,9H2,1H3,(H3,16,19,20,21,22). The molecule has 0 saturated heterocycles. The van der Waals surface area contributed by atoms with E-state index < -0.39 is 0 Å². The van der Waals surface area contributed by atoms with Crippen LogP contribution in [0.15, 0.2) is 47.9 Å². The number of nitrogens with one attached hydrogen (secondary N) is 1. The van der Waals surface area contributed by atoms with E-state index in [1.165, 1.54) is 11.8 Å². The average Bonchev–Trinajstić information content (AvgIpc) is 2.56. The van der Waals surface area contributed by atoms with Crippen molar-refractivity contribution in [3.05, 3.63) is 54.1 Å². The van der Waals surface area contributed by atoms with Crippen LogP contribution in [0.1, 0.15) is 11.4 Å². The molecule has 0 unspecified atom stereocenters. The summed E-state index contributed by atoms with van der Waals surface area (Å²) in [5, 5.41) is 3.84. The van der Waals surface area contributed by atoms with Crippen molar-refractivity contribution in [3.8, 4) is 0 Å². The van der Waals surface area contributed by atoms with Gasteiger partial charge in [0.25, 0.3) is 0 Å². The summed E-state index contributed by atoms with van der Waals surface area (Å²) in [5.74, 6) is 1.70. The molecule has 116 valence electrons. The number of hydrogen-bond donors (Lipinski definition) is 2. The van der Waals surface area contributed by atoms with Crippen LogP contribution in [0.2, 0.25) is 0 Å². The van der Waals surface area contributed by atoms with Crippen molar-refractivity contribution in [1.29, 1.82) is 0 Å². The predicted molar refractivity (Wildman–Crippen MR) is 90.3 cm³/mol. The van der Waals surface area contributed by atoms with Crippen molar-refractivity contribution < 1.29 is 0 Å². The number of rotatable bonds is 5. The van der Waals surface area contributed by atoms with Gasteiger partial charge in [0.1, 0.15) is 5.82 Å². The van der Waals surface area contributed by atoms with Gasteiger partial charge in [0.05, 0.1) is 5.75 Å². The third-order valence-electron chi connectivity index (χ3n) is 2.96. The van der Waals surface area contributed by atoms with Crippen LogP contribution in [0, 0.1) is 6.92 Å². The number of para-hydroxylation sites is 1. The van der Waals surface area contributed by atoms with E-state index in [0.717, 1.165) is 11.3 Å². The van der Waals surface area contributed by atoms with Gasteiger partial charge in [0, 0.05) is 18.1 Å². The lowest BCUT2D eigenvalue weighted by Crippen LogP contribution is -2.07. The Morgan fingerprint density at radius 2 is 1.83 bits per heavy atom. The molecule has 0 aliphatic heterocycles. The molecule has 2 heterocycles. The Morgan fingerprint density at radius 3 is 2.61 bits per heavy atom. The number of hydrogen-bond acceptors (Lipinski definition) is 8. The first kappa shape index (κ1) is 15.2. The van der Waals surface area contributed by atoms with Crippen molar-refractivity contribution in [3.63, 3.8) is 0 Å². The van der Waals surface area contributed by atoms with Gasteiger partial charge >= 0.3 is 0 Å². The van der Waals surface area contributed by atoms with Gasteiger partial charge in [0.2, 0.25) is 11.9 Å². The summed E-state index contributed by atoms with van der Waals surface area (Å²) in [7, 11) is 0. The van der Waals surface area contributed by atoms with Crippen molar-refractivity contribution in [1.82, 2.24) is 24.9 Å². The molecule has 3 N–H and O–H groups in total. The van der Waals surface area contributed by atoms with Crippen molar-refractivity contribution in [2.24, 2.45) is 0 Å². The van der Waals surface area contributed by atoms with E-state index in [2.05, 4.69) is 30.2 Å². The monoisotopic (exact) mass is 325 g/mol. The van der Waals surface area contributed by atoms with E-state index in [0.29, 0.717) is 22.7 Å². The summed E-state index contributed by atoms with van der Waals surface area (Å²) in [6, 6.07) is 9.67. The van der Waals surface area contributed by atoms with E-state index >= 15 is 0 Å². The Morgan fingerprint density at radius 1 is 1.04 bits per heavy atom. The Bertz CT molecular complexity index is 795. The highest BCUT2D eigenvalue weighted by Crippen LogP contribution is 2.20. The summed E-state index contributed by atoms with van der Waals surface area (Å²) in [4.78, 5) is 21.0. The number of thioether (sulfide) groups is 1. The minimum Gasteiger partial charge on any atom is -0.368 e. The molecule has 0 saturated carbocycles. The molecule has 0 bridgehead atoms. The Balaban J connectivity index is 1.75. The van der Waals surface area contributed by atoms with Crippen LogP contribution in [-0.2, 0) is 5.75 Å². The molecule has 0 spiro atoms. The lowest BCUT2D eigenvalue weighted by atomic mass is 10.2. The minimum absolute atomic E-state index is 0.181. The zero-order valence-corrected chi connectivity index (χ0v) is 13.3. The third kappa shape index (κ3) is 4.13. The largest absolute Gasteiger partial charge is 0.368 e. The summed E-state index contributed by atoms with van der Waals surface area (Å²) in [5.41, 5.74) is 7.81. The lowest BCUT2D eigenvalue weighted by Gasteiger charge is -2.09. The highest BCUT2D eigenvalue weighted by atomic mass is 32.2. The predicted octanol–water partition coefficient (Wildman–Crippen LogP) is 2.59. The van der Waals surface area contributed by atoms with Gasteiger partial charge in [0.15, 0.2) is 5.16 Å². The molecular weight excluding hydrogens is 310 g/mol. The molecule has 23 heavy (non-hydrogen) atoms. The zero-order valence-electron chi connectivity index (χ0n) is 12.5. The second-order valence-corrected chi connectivity index (χ2v) is 5.64. The second-order valence-electron chi connectivity index (χ2n) is 4.69. The number of nitrogens with two attached hydrogens (primary N) is 1. The zero-order chi connectivity index (χ0) is 16.1. The Kier molecular flexibility index (Phi) is 4.62. The fraction of sp³-hybridized carbons (Fsp3) is 0.133. The van der Waals surface area contributed by atoms with Gasteiger partial charge in [-0.15, -0.1) is 0 Å². The van der Waals surface area contributed by atoms with E-state index in [1.54, 1.807) is 18.5 Å². The smallest absolute Gasteiger partial charge is 0.232 e. The first-order valence-electron chi connectivity index (χ1n) is 6.93. The van der Waals surface area contributed by atoms with Crippen LogP contribution >= 0.6 is 11.8 Å². The number of anilines is 3. The molecule has 1 aromatic carbocycles. The highest BCUT2D eigenvalue weighted by Gasteiger charge is 2.07. The summed E-state index contributed by atoms with van der Waals surface area (Å²) >= 11 is 1.44. The second kappa shape index (κ2) is 7.01. The maximum absolute atomic E-state index is 5.78. The maximum Gasteiger partial charge on any atom is 0.232 e. The van der Waals surface area contributed by atoms with Gasteiger partial charge in [-0.05, 0) is 24.6 Å². The van der Waals surface area contributed by atoms with E-state index in [-0.39, 0.29) is 5.95 Å². The van der Waals surface area contributed by atoms with Crippen LogP contribution in [0.5, 0.6) is 0 Å². The molecule has 2 aromatic heterocycles. The van der Waals surface area contributed by atoms with Crippen LogP contribution < -0.4 is 11.1 Å². The van der Waals surface area contributed by atoms with Crippen LogP contribution in [0.4, 0.5) is 17.6 Å². The van der Waals surface area contributed by atoms with Crippen LogP contribution in [0.25, 0.3) is 0 Å². The van der Waals surface area contributed by atoms with E-state index in [1.807, 2.05) is 31.2 Å². The quantitative estimate of drug-likeness (QED) is 0.545. The third-order valence-corrected chi connectivity index (χ3v) is 3.83. The topological polar surface area (TPSA) is 102 Å². The van der Waals surface area contributed by atoms with Crippen LogP contribution in [-0.4, -0.2) is 24.9 Å². The molecule has 0 aliphatic rings.